The van der Waals surface area contributed by atoms with E-state index in [1.165, 1.54) is 51.4 Å². The summed E-state index contributed by atoms with van der Waals surface area (Å²) in [7, 11) is 0. The lowest BCUT2D eigenvalue weighted by atomic mass is 9.68. The minimum absolute atomic E-state index is 0.549. The van der Waals surface area contributed by atoms with E-state index in [2.05, 4.69) is 33.0 Å². The van der Waals surface area contributed by atoms with Crippen LogP contribution in [0.15, 0.2) is 0 Å². The summed E-state index contributed by atoms with van der Waals surface area (Å²) in [5.74, 6) is 1.92. The van der Waals surface area contributed by atoms with Gasteiger partial charge in [-0.25, -0.2) is 0 Å². The summed E-state index contributed by atoms with van der Waals surface area (Å²) < 4.78 is 0. The van der Waals surface area contributed by atoms with E-state index in [1.54, 1.807) is 0 Å². The van der Waals surface area contributed by atoms with Gasteiger partial charge in [0.2, 0.25) is 0 Å². The maximum Gasteiger partial charge on any atom is 0.0132 e. The number of rotatable bonds is 3. The Labute approximate surface area is 119 Å². The summed E-state index contributed by atoms with van der Waals surface area (Å²) in [5, 5.41) is 4.15. The number of nitrogens with one attached hydrogen (secondary N) is 1. The van der Waals surface area contributed by atoms with Gasteiger partial charge in [0.1, 0.15) is 0 Å². The fraction of sp³-hybridized carbons (Fsp3) is 1.00. The van der Waals surface area contributed by atoms with Gasteiger partial charge in [-0.05, 0) is 54.8 Å². The van der Waals surface area contributed by atoms with Crippen molar-refractivity contribution < 1.29 is 0 Å². The predicted octanol–water partition coefficient (Wildman–Crippen LogP) is 4.76. The van der Waals surface area contributed by atoms with Gasteiger partial charge < -0.3 is 5.32 Å². The first-order chi connectivity index (χ1) is 8.99. The van der Waals surface area contributed by atoms with E-state index in [-0.39, 0.29) is 0 Å². The quantitative estimate of drug-likeness (QED) is 0.774. The van der Waals surface area contributed by atoms with E-state index in [4.69, 9.17) is 0 Å². The zero-order valence-electron chi connectivity index (χ0n) is 13.5. The third-order valence-corrected chi connectivity index (χ3v) is 7.64. The highest BCUT2D eigenvalue weighted by molar-refractivity contribution is 5.13. The molecule has 0 spiro atoms. The number of fused-ring (bicyclic) bond motifs is 2. The molecule has 3 aliphatic rings. The molecule has 3 saturated carbocycles. The molecule has 3 fully saturated rings. The molecule has 5 atom stereocenters. The van der Waals surface area contributed by atoms with Crippen molar-refractivity contribution in [2.45, 2.75) is 91.1 Å². The Morgan fingerprint density at radius 2 is 1.79 bits per heavy atom. The Morgan fingerprint density at radius 3 is 2.37 bits per heavy atom. The highest BCUT2D eigenvalue weighted by Crippen LogP contribution is 2.65. The van der Waals surface area contributed by atoms with E-state index < -0.39 is 0 Å². The van der Waals surface area contributed by atoms with Gasteiger partial charge in [0, 0.05) is 12.1 Å². The van der Waals surface area contributed by atoms with Crippen LogP contribution in [0, 0.1) is 22.7 Å². The second-order valence-electron chi connectivity index (χ2n) is 8.39. The van der Waals surface area contributed by atoms with Crippen molar-refractivity contribution in [2.24, 2.45) is 22.7 Å². The Balaban J connectivity index is 1.71. The molecule has 3 rings (SSSR count). The first kappa shape index (κ1) is 13.9. The van der Waals surface area contributed by atoms with Crippen molar-refractivity contribution in [3.8, 4) is 0 Å². The average molecular weight is 263 g/mol. The van der Waals surface area contributed by atoms with E-state index >= 15 is 0 Å². The third kappa shape index (κ3) is 1.99. The summed E-state index contributed by atoms with van der Waals surface area (Å²) in [6.07, 6.45) is 11.5. The molecule has 0 heterocycles. The molecule has 0 amide bonds. The minimum atomic E-state index is 0.549. The molecule has 1 nitrogen and oxygen atoms in total. The van der Waals surface area contributed by atoms with Crippen molar-refractivity contribution in [1.29, 1.82) is 0 Å². The monoisotopic (exact) mass is 263 g/mol. The van der Waals surface area contributed by atoms with E-state index in [1.807, 2.05) is 0 Å². The van der Waals surface area contributed by atoms with Gasteiger partial charge in [-0.2, -0.15) is 0 Å². The van der Waals surface area contributed by atoms with E-state index in [0.29, 0.717) is 10.8 Å². The molecule has 19 heavy (non-hydrogen) atoms. The Hall–Kier alpha value is -0.0400. The van der Waals surface area contributed by atoms with Gasteiger partial charge in [-0.3, -0.25) is 0 Å². The van der Waals surface area contributed by atoms with Crippen LogP contribution in [0.1, 0.15) is 79.1 Å². The Morgan fingerprint density at radius 1 is 1.05 bits per heavy atom. The molecule has 110 valence electrons. The zero-order chi connectivity index (χ0) is 13.7. The smallest absolute Gasteiger partial charge is 0.0132 e. The summed E-state index contributed by atoms with van der Waals surface area (Å²) in [6.45, 7) is 10.0. The molecule has 2 bridgehead atoms. The maximum atomic E-state index is 4.15. The fourth-order valence-electron chi connectivity index (χ4n) is 5.63. The normalized spacial score (nSPS) is 48.6. The lowest BCUT2D eigenvalue weighted by Crippen LogP contribution is -2.51. The number of hydrogen-bond acceptors (Lipinski definition) is 1. The molecule has 5 unspecified atom stereocenters. The van der Waals surface area contributed by atoms with E-state index in [9.17, 15) is 0 Å². The first-order valence-corrected chi connectivity index (χ1v) is 8.75. The Bertz CT molecular complexity index is 335. The second-order valence-corrected chi connectivity index (χ2v) is 8.39. The lowest BCUT2D eigenvalue weighted by Gasteiger charge is -2.43. The van der Waals surface area contributed by atoms with Crippen molar-refractivity contribution in [3.63, 3.8) is 0 Å². The molecule has 0 saturated heterocycles. The molecular formula is C18H33N. The van der Waals surface area contributed by atoms with Crippen LogP contribution >= 0.6 is 0 Å². The van der Waals surface area contributed by atoms with Crippen LogP contribution in [0.4, 0.5) is 0 Å². The van der Waals surface area contributed by atoms with Crippen LogP contribution in [-0.2, 0) is 0 Å². The lowest BCUT2D eigenvalue weighted by molar-refractivity contribution is 0.102. The summed E-state index contributed by atoms with van der Waals surface area (Å²) in [4.78, 5) is 0. The van der Waals surface area contributed by atoms with Gasteiger partial charge in [-0.1, -0.05) is 47.0 Å². The van der Waals surface area contributed by atoms with Gasteiger partial charge in [-0.15, -0.1) is 0 Å². The highest BCUT2D eigenvalue weighted by Gasteiger charge is 2.61. The fourth-order valence-corrected chi connectivity index (χ4v) is 5.63. The maximum absolute atomic E-state index is 4.15. The van der Waals surface area contributed by atoms with Gasteiger partial charge in [0.05, 0.1) is 0 Å². The van der Waals surface area contributed by atoms with Crippen LogP contribution in [0.5, 0.6) is 0 Å². The third-order valence-electron chi connectivity index (χ3n) is 7.64. The molecular weight excluding hydrogens is 230 g/mol. The van der Waals surface area contributed by atoms with Crippen molar-refractivity contribution in [1.82, 2.24) is 5.32 Å². The minimum Gasteiger partial charge on any atom is -0.310 e. The van der Waals surface area contributed by atoms with Crippen molar-refractivity contribution >= 4 is 0 Å². The molecule has 1 N–H and O–H groups in total. The van der Waals surface area contributed by atoms with Crippen molar-refractivity contribution in [3.05, 3.63) is 0 Å². The molecule has 0 aromatic carbocycles. The molecule has 0 aromatic rings. The van der Waals surface area contributed by atoms with Crippen LogP contribution in [0.25, 0.3) is 0 Å². The first-order valence-electron chi connectivity index (χ1n) is 8.75. The van der Waals surface area contributed by atoms with Gasteiger partial charge >= 0.3 is 0 Å². The van der Waals surface area contributed by atoms with Crippen LogP contribution in [-0.4, -0.2) is 12.1 Å². The number of hydrogen-bond donors (Lipinski definition) is 1. The molecule has 0 radical (unpaired) electrons. The summed E-state index contributed by atoms with van der Waals surface area (Å²) >= 11 is 0. The molecule has 3 aliphatic carbocycles. The topological polar surface area (TPSA) is 12.0 Å². The van der Waals surface area contributed by atoms with Crippen LogP contribution in [0.3, 0.4) is 0 Å². The Kier molecular flexibility index (Phi) is 3.48. The van der Waals surface area contributed by atoms with Gasteiger partial charge in [0.15, 0.2) is 0 Å². The zero-order valence-corrected chi connectivity index (χ0v) is 13.5. The van der Waals surface area contributed by atoms with Crippen LogP contribution < -0.4 is 5.32 Å². The SMILES string of the molecule is CCC1CCCCC1NC1CC2CCC1(C)C2(C)C. The molecule has 0 aliphatic heterocycles. The molecule has 0 aromatic heterocycles. The second kappa shape index (κ2) is 4.76. The standard InChI is InChI=1S/C18H33N/c1-5-13-8-6-7-9-15(13)19-16-12-14-10-11-18(16,4)17(14,2)3/h13-16,19H,5-12H2,1-4H3. The largest absolute Gasteiger partial charge is 0.310 e. The average Bonchev–Trinajstić information content (AvgIpc) is 2.72. The summed E-state index contributed by atoms with van der Waals surface area (Å²) in [5.41, 5.74) is 1.11. The molecule has 1 heteroatoms. The van der Waals surface area contributed by atoms with E-state index in [0.717, 1.165) is 23.9 Å². The van der Waals surface area contributed by atoms with Crippen LogP contribution in [0.2, 0.25) is 0 Å². The van der Waals surface area contributed by atoms with Gasteiger partial charge in [0.25, 0.3) is 0 Å². The highest BCUT2D eigenvalue weighted by atomic mass is 15.0. The predicted molar refractivity (Wildman–Crippen MR) is 82.2 cm³/mol. The van der Waals surface area contributed by atoms with Crippen molar-refractivity contribution in [2.75, 3.05) is 0 Å². The summed E-state index contributed by atoms with van der Waals surface area (Å²) in [6, 6.07) is 1.61.